The maximum atomic E-state index is 5.81. The second-order valence-corrected chi connectivity index (χ2v) is 6.08. The Balaban J connectivity index is 1.93. The van der Waals surface area contributed by atoms with E-state index in [1.807, 2.05) is 0 Å². The lowest BCUT2D eigenvalue weighted by atomic mass is 9.80. The third-order valence-electron chi connectivity index (χ3n) is 4.48. The van der Waals surface area contributed by atoms with Crippen molar-refractivity contribution in [1.29, 1.82) is 0 Å². The molecule has 1 heteroatoms. The molecule has 1 saturated heterocycles. The maximum absolute atomic E-state index is 5.81. The molecule has 1 heterocycles. The van der Waals surface area contributed by atoms with E-state index in [2.05, 4.69) is 51.1 Å². The predicted octanol–water partition coefficient (Wildman–Crippen LogP) is 3.97. The highest BCUT2D eigenvalue weighted by Gasteiger charge is 2.62. The van der Waals surface area contributed by atoms with Gasteiger partial charge >= 0.3 is 0 Å². The molecule has 1 unspecified atom stereocenters. The van der Waals surface area contributed by atoms with Gasteiger partial charge in [0.1, 0.15) is 5.60 Å². The molecular weight excluding hydrogens is 208 g/mol. The molecule has 0 N–H and O–H groups in total. The maximum Gasteiger partial charge on any atom is 0.118 e. The summed E-state index contributed by atoms with van der Waals surface area (Å²) in [6.45, 7) is 7.70. The van der Waals surface area contributed by atoms with Crippen molar-refractivity contribution in [3.05, 3.63) is 41.0 Å². The Morgan fingerprint density at radius 3 is 2.41 bits per heavy atom. The van der Waals surface area contributed by atoms with Crippen LogP contribution < -0.4 is 0 Å². The molecule has 1 atom stereocenters. The summed E-state index contributed by atoms with van der Waals surface area (Å²) in [5, 5.41) is 0. The lowest BCUT2D eigenvalue weighted by Crippen LogP contribution is -2.27. The molecule has 1 aromatic carbocycles. The van der Waals surface area contributed by atoms with E-state index in [4.69, 9.17) is 4.74 Å². The molecule has 17 heavy (non-hydrogen) atoms. The fourth-order valence-corrected chi connectivity index (χ4v) is 2.99. The number of rotatable bonds is 1. The summed E-state index contributed by atoms with van der Waals surface area (Å²) >= 11 is 0. The summed E-state index contributed by atoms with van der Waals surface area (Å²) in [6, 6.07) is 8.74. The Kier molecular flexibility index (Phi) is 2.24. The fraction of sp³-hybridized carbons (Fsp3) is 0.500. The quantitative estimate of drug-likeness (QED) is 0.663. The molecule has 1 nitrogen and oxygen atoms in total. The van der Waals surface area contributed by atoms with Crippen molar-refractivity contribution in [1.82, 2.24) is 0 Å². The van der Waals surface area contributed by atoms with E-state index in [-0.39, 0.29) is 5.60 Å². The van der Waals surface area contributed by atoms with Crippen LogP contribution >= 0.6 is 0 Å². The zero-order valence-corrected chi connectivity index (χ0v) is 10.9. The van der Waals surface area contributed by atoms with Crippen molar-refractivity contribution in [3.8, 4) is 0 Å². The molecule has 0 aromatic heterocycles. The van der Waals surface area contributed by atoms with Crippen LogP contribution in [0.5, 0.6) is 0 Å². The molecule has 1 aliphatic carbocycles. The van der Waals surface area contributed by atoms with E-state index in [1.165, 1.54) is 29.5 Å². The van der Waals surface area contributed by atoms with E-state index in [0.29, 0.717) is 5.41 Å². The smallest absolute Gasteiger partial charge is 0.118 e. The second-order valence-electron chi connectivity index (χ2n) is 6.08. The van der Waals surface area contributed by atoms with Crippen LogP contribution in [0, 0.1) is 12.3 Å². The monoisotopic (exact) mass is 228 g/mol. The zero-order valence-electron chi connectivity index (χ0n) is 10.9. The molecule has 3 rings (SSSR count). The lowest BCUT2D eigenvalue weighted by molar-refractivity contribution is 0.197. The van der Waals surface area contributed by atoms with Crippen molar-refractivity contribution >= 4 is 6.08 Å². The normalized spacial score (nSPS) is 32.3. The minimum absolute atomic E-state index is 0.0673. The van der Waals surface area contributed by atoms with Crippen molar-refractivity contribution in [2.75, 3.05) is 6.61 Å². The summed E-state index contributed by atoms with van der Waals surface area (Å²) in [5.41, 5.74) is 4.49. The van der Waals surface area contributed by atoms with Crippen LogP contribution in [0.4, 0.5) is 0 Å². The molecule has 2 aliphatic rings. The summed E-state index contributed by atoms with van der Waals surface area (Å²) in [7, 11) is 0. The number of ether oxygens (including phenoxy) is 1. The Bertz CT molecular complexity index is 461. The van der Waals surface area contributed by atoms with Gasteiger partial charge in [-0.05, 0) is 30.9 Å². The van der Waals surface area contributed by atoms with Crippen LogP contribution in [0.3, 0.4) is 0 Å². The Labute approximate surface area is 103 Å². The number of benzene rings is 1. The van der Waals surface area contributed by atoms with Crippen molar-refractivity contribution < 1.29 is 4.74 Å². The van der Waals surface area contributed by atoms with Gasteiger partial charge in [-0.25, -0.2) is 0 Å². The lowest BCUT2D eigenvalue weighted by Gasteiger charge is -2.23. The molecule has 90 valence electrons. The average Bonchev–Trinajstić information content (AvgIpc) is 3.04. The van der Waals surface area contributed by atoms with Gasteiger partial charge in [0.15, 0.2) is 0 Å². The summed E-state index contributed by atoms with van der Waals surface area (Å²) in [5.74, 6) is 0. The second kappa shape index (κ2) is 3.46. The largest absolute Gasteiger partial charge is 0.364 e. The molecule has 1 aromatic rings. The Hall–Kier alpha value is -1.08. The molecule has 1 aliphatic heterocycles. The van der Waals surface area contributed by atoms with Gasteiger partial charge in [0, 0.05) is 5.41 Å². The van der Waals surface area contributed by atoms with E-state index in [0.717, 1.165) is 6.61 Å². The molecule has 0 bridgehead atoms. The minimum Gasteiger partial charge on any atom is -0.364 e. The third-order valence-corrected chi connectivity index (χ3v) is 4.48. The van der Waals surface area contributed by atoms with E-state index in [1.54, 1.807) is 0 Å². The first kappa shape index (κ1) is 11.0. The highest BCUT2D eigenvalue weighted by Crippen LogP contribution is 2.59. The van der Waals surface area contributed by atoms with Crippen molar-refractivity contribution in [2.24, 2.45) is 5.41 Å². The number of epoxide rings is 1. The van der Waals surface area contributed by atoms with Crippen LogP contribution in [-0.2, 0) is 4.74 Å². The average molecular weight is 228 g/mol. The summed E-state index contributed by atoms with van der Waals surface area (Å²) < 4.78 is 5.81. The number of hydrogen-bond donors (Lipinski definition) is 0. The van der Waals surface area contributed by atoms with E-state index in [9.17, 15) is 0 Å². The van der Waals surface area contributed by atoms with Crippen LogP contribution in [-0.4, -0.2) is 12.2 Å². The Morgan fingerprint density at radius 1 is 1.18 bits per heavy atom. The summed E-state index contributed by atoms with van der Waals surface area (Å²) in [4.78, 5) is 0. The van der Waals surface area contributed by atoms with Crippen LogP contribution in [0.2, 0.25) is 0 Å². The Morgan fingerprint density at radius 2 is 1.82 bits per heavy atom. The summed E-state index contributed by atoms with van der Waals surface area (Å²) in [6.07, 6.45) is 4.76. The van der Waals surface area contributed by atoms with Gasteiger partial charge in [0.2, 0.25) is 0 Å². The molecule has 0 amide bonds. The van der Waals surface area contributed by atoms with Crippen molar-refractivity contribution in [2.45, 2.75) is 39.2 Å². The van der Waals surface area contributed by atoms with Crippen LogP contribution in [0.15, 0.2) is 29.8 Å². The van der Waals surface area contributed by atoms with Gasteiger partial charge < -0.3 is 4.74 Å². The van der Waals surface area contributed by atoms with Gasteiger partial charge in [0.05, 0.1) is 6.61 Å². The van der Waals surface area contributed by atoms with Gasteiger partial charge in [0.25, 0.3) is 0 Å². The van der Waals surface area contributed by atoms with Gasteiger partial charge in [-0.1, -0.05) is 49.8 Å². The van der Waals surface area contributed by atoms with Crippen molar-refractivity contribution in [3.63, 3.8) is 0 Å². The first-order valence-corrected chi connectivity index (χ1v) is 6.45. The van der Waals surface area contributed by atoms with Gasteiger partial charge in [-0.2, -0.15) is 0 Å². The first-order valence-electron chi connectivity index (χ1n) is 6.45. The SMILES string of the molecule is Cc1ccc(/C=C2\CCC(C)(C)C23CO3)cc1. The zero-order chi connectivity index (χ0) is 12.1. The fourth-order valence-electron chi connectivity index (χ4n) is 2.99. The van der Waals surface area contributed by atoms with Crippen LogP contribution in [0.25, 0.3) is 6.08 Å². The number of hydrogen-bond acceptors (Lipinski definition) is 1. The molecule has 2 fully saturated rings. The highest BCUT2D eigenvalue weighted by molar-refractivity contribution is 5.58. The standard InChI is InChI=1S/C16H20O/c1-12-4-6-13(7-5-12)10-14-8-9-15(2,3)16(14)11-17-16/h4-7,10H,8-9,11H2,1-3H3/b14-10+. The minimum atomic E-state index is 0.0673. The number of aryl methyl sites for hydroxylation is 1. The molecule has 1 spiro atoms. The van der Waals surface area contributed by atoms with E-state index >= 15 is 0 Å². The molecular formula is C16H20O. The third kappa shape index (κ3) is 1.64. The highest BCUT2D eigenvalue weighted by atomic mass is 16.6. The predicted molar refractivity (Wildman–Crippen MR) is 70.9 cm³/mol. The molecule has 1 saturated carbocycles. The first-order chi connectivity index (χ1) is 8.03. The van der Waals surface area contributed by atoms with Crippen LogP contribution in [0.1, 0.15) is 37.8 Å². The van der Waals surface area contributed by atoms with Gasteiger partial charge in [-0.15, -0.1) is 0 Å². The van der Waals surface area contributed by atoms with Gasteiger partial charge in [-0.3, -0.25) is 0 Å². The molecule has 0 radical (unpaired) electrons. The topological polar surface area (TPSA) is 12.5 Å². The van der Waals surface area contributed by atoms with E-state index < -0.39 is 0 Å².